The van der Waals surface area contributed by atoms with Crippen LogP contribution in [0.3, 0.4) is 0 Å². The van der Waals surface area contributed by atoms with E-state index in [-0.39, 0.29) is 12.8 Å². The van der Waals surface area contributed by atoms with E-state index < -0.39 is 5.91 Å². The molecule has 0 unspecified atom stereocenters. The van der Waals surface area contributed by atoms with Gasteiger partial charge in [0.15, 0.2) is 11.5 Å². The van der Waals surface area contributed by atoms with Crippen molar-refractivity contribution < 1.29 is 19.7 Å². The Morgan fingerprint density at radius 1 is 1.35 bits per heavy atom. The van der Waals surface area contributed by atoms with Gasteiger partial charge in [0, 0.05) is 13.0 Å². The summed E-state index contributed by atoms with van der Waals surface area (Å²) < 4.78 is 10.5. The third-order valence-electron chi connectivity index (χ3n) is 2.50. The number of ether oxygens (including phenoxy) is 2. The summed E-state index contributed by atoms with van der Waals surface area (Å²) in [5, 5.41) is 21.1. The molecule has 0 aliphatic carbocycles. The normalized spacial score (nSPS) is 16.0. The summed E-state index contributed by atoms with van der Waals surface area (Å²) in [5.41, 5.74) is 1.05. The van der Waals surface area contributed by atoms with Gasteiger partial charge in [-0.25, -0.2) is 0 Å². The zero-order valence-corrected chi connectivity index (χ0v) is 9.93. The van der Waals surface area contributed by atoms with E-state index in [0.29, 0.717) is 6.42 Å². The molecule has 17 heavy (non-hydrogen) atoms. The molecular weight excluding hydrogens is 222 g/mol. The van der Waals surface area contributed by atoms with Crippen molar-refractivity contribution in [1.82, 2.24) is 5.32 Å². The average Bonchev–Trinajstić information content (AvgIpc) is 2.61. The Hall–Kier alpha value is -1.30. The van der Waals surface area contributed by atoms with Gasteiger partial charge in [-0.2, -0.15) is 0 Å². The SMILES string of the molecule is C[C@@H](Cc1ccc2c(c1)OCO2)NC(C)(O)O. The second-order valence-corrected chi connectivity index (χ2v) is 4.46. The van der Waals surface area contributed by atoms with Crippen LogP contribution in [-0.4, -0.2) is 29.0 Å². The number of benzene rings is 1. The first-order valence-electron chi connectivity index (χ1n) is 5.55. The molecule has 1 atom stereocenters. The van der Waals surface area contributed by atoms with Gasteiger partial charge in [-0.15, -0.1) is 0 Å². The molecular formula is C12H17NO4. The van der Waals surface area contributed by atoms with Gasteiger partial charge in [0.1, 0.15) is 0 Å². The van der Waals surface area contributed by atoms with Gasteiger partial charge < -0.3 is 19.7 Å². The van der Waals surface area contributed by atoms with E-state index in [9.17, 15) is 10.2 Å². The van der Waals surface area contributed by atoms with Gasteiger partial charge in [-0.05, 0) is 31.0 Å². The predicted octanol–water partition coefficient (Wildman–Crippen LogP) is 0.594. The molecule has 0 saturated carbocycles. The van der Waals surface area contributed by atoms with E-state index in [2.05, 4.69) is 5.32 Å². The fourth-order valence-corrected chi connectivity index (χ4v) is 1.94. The van der Waals surface area contributed by atoms with Crippen LogP contribution in [0.2, 0.25) is 0 Å². The van der Waals surface area contributed by atoms with E-state index in [4.69, 9.17) is 9.47 Å². The van der Waals surface area contributed by atoms with Crippen molar-refractivity contribution in [2.75, 3.05) is 6.79 Å². The minimum absolute atomic E-state index is 0.0598. The highest BCUT2D eigenvalue weighted by molar-refractivity contribution is 5.44. The first-order chi connectivity index (χ1) is 7.94. The van der Waals surface area contributed by atoms with E-state index in [1.807, 2.05) is 25.1 Å². The number of rotatable bonds is 4. The first-order valence-corrected chi connectivity index (χ1v) is 5.55. The van der Waals surface area contributed by atoms with E-state index in [1.165, 1.54) is 6.92 Å². The standard InChI is InChI=1S/C12H17NO4/c1-8(13-12(2,14)15)5-9-3-4-10-11(6-9)17-7-16-10/h3-4,6,8,13-15H,5,7H2,1-2H3/t8-/m0/s1. The molecule has 0 radical (unpaired) electrons. The predicted molar refractivity (Wildman–Crippen MR) is 61.7 cm³/mol. The van der Waals surface area contributed by atoms with Crippen LogP contribution >= 0.6 is 0 Å². The molecule has 2 rings (SSSR count). The second-order valence-electron chi connectivity index (χ2n) is 4.46. The monoisotopic (exact) mass is 239 g/mol. The third-order valence-corrected chi connectivity index (χ3v) is 2.50. The van der Waals surface area contributed by atoms with Crippen molar-refractivity contribution in [3.8, 4) is 11.5 Å². The fraction of sp³-hybridized carbons (Fsp3) is 0.500. The van der Waals surface area contributed by atoms with E-state index in [0.717, 1.165) is 17.1 Å². The second kappa shape index (κ2) is 4.52. The van der Waals surface area contributed by atoms with Crippen molar-refractivity contribution in [2.45, 2.75) is 32.2 Å². The first kappa shape index (κ1) is 12.2. The molecule has 1 heterocycles. The Morgan fingerprint density at radius 2 is 2.06 bits per heavy atom. The lowest BCUT2D eigenvalue weighted by molar-refractivity contribution is -0.174. The Balaban J connectivity index is 1.99. The highest BCUT2D eigenvalue weighted by Gasteiger charge is 2.19. The smallest absolute Gasteiger partial charge is 0.231 e. The Bertz CT molecular complexity index is 400. The summed E-state index contributed by atoms with van der Waals surface area (Å²) in [4.78, 5) is 0. The fourth-order valence-electron chi connectivity index (χ4n) is 1.94. The zero-order valence-electron chi connectivity index (χ0n) is 9.93. The summed E-state index contributed by atoms with van der Waals surface area (Å²) in [7, 11) is 0. The zero-order chi connectivity index (χ0) is 12.5. The van der Waals surface area contributed by atoms with Crippen LogP contribution in [-0.2, 0) is 6.42 Å². The van der Waals surface area contributed by atoms with Crippen molar-refractivity contribution in [3.05, 3.63) is 23.8 Å². The molecule has 1 aromatic rings. The minimum Gasteiger partial charge on any atom is -0.454 e. The summed E-state index contributed by atoms with van der Waals surface area (Å²) in [5.74, 6) is -0.357. The van der Waals surface area contributed by atoms with Crippen LogP contribution in [0.15, 0.2) is 18.2 Å². The molecule has 0 aromatic heterocycles. The van der Waals surface area contributed by atoms with Crippen LogP contribution in [0.4, 0.5) is 0 Å². The van der Waals surface area contributed by atoms with Crippen LogP contribution in [0.1, 0.15) is 19.4 Å². The van der Waals surface area contributed by atoms with Crippen molar-refractivity contribution in [2.24, 2.45) is 0 Å². The largest absolute Gasteiger partial charge is 0.454 e. The van der Waals surface area contributed by atoms with Crippen LogP contribution < -0.4 is 14.8 Å². The Labute approximate surface area is 100.0 Å². The molecule has 0 saturated heterocycles. The minimum atomic E-state index is -1.85. The number of aliphatic hydroxyl groups is 2. The molecule has 1 aliphatic rings. The summed E-state index contributed by atoms with van der Waals surface area (Å²) >= 11 is 0. The topological polar surface area (TPSA) is 71.0 Å². The highest BCUT2D eigenvalue weighted by atomic mass is 16.7. The molecule has 1 aliphatic heterocycles. The quantitative estimate of drug-likeness (QED) is 0.671. The van der Waals surface area contributed by atoms with Gasteiger partial charge in [0.05, 0.1) is 0 Å². The Kier molecular flexibility index (Phi) is 3.24. The van der Waals surface area contributed by atoms with Crippen molar-refractivity contribution >= 4 is 0 Å². The van der Waals surface area contributed by atoms with Crippen molar-refractivity contribution in [3.63, 3.8) is 0 Å². The van der Waals surface area contributed by atoms with Gasteiger partial charge in [0.2, 0.25) is 12.7 Å². The lowest BCUT2D eigenvalue weighted by Gasteiger charge is -2.23. The molecule has 1 aromatic carbocycles. The summed E-state index contributed by atoms with van der Waals surface area (Å²) in [6.45, 7) is 3.44. The summed E-state index contributed by atoms with van der Waals surface area (Å²) in [6, 6.07) is 5.65. The molecule has 94 valence electrons. The molecule has 0 amide bonds. The lowest BCUT2D eigenvalue weighted by atomic mass is 10.1. The van der Waals surface area contributed by atoms with Crippen LogP contribution in [0, 0.1) is 0 Å². The lowest BCUT2D eigenvalue weighted by Crippen LogP contribution is -2.47. The van der Waals surface area contributed by atoms with Gasteiger partial charge in [0.25, 0.3) is 0 Å². The Morgan fingerprint density at radius 3 is 2.76 bits per heavy atom. The number of hydrogen-bond donors (Lipinski definition) is 3. The maximum atomic E-state index is 9.22. The molecule has 0 fully saturated rings. The van der Waals surface area contributed by atoms with Gasteiger partial charge in [-0.3, -0.25) is 5.32 Å². The van der Waals surface area contributed by atoms with Gasteiger partial charge >= 0.3 is 0 Å². The average molecular weight is 239 g/mol. The van der Waals surface area contributed by atoms with Crippen LogP contribution in [0.25, 0.3) is 0 Å². The highest BCUT2D eigenvalue weighted by Crippen LogP contribution is 2.32. The van der Waals surface area contributed by atoms with Crippen molar-refractivity contribution in [1.29, 1.82) is 0 Å². The number of nitrogens with one attached hydrogen (secondary N) is 1. The maximum Gasteiger partial charge on any atom is 0.231 e. The molecule has 3 N–H and O–H groups in total. The van der Waals surface area contributed by atoms with Crippen LogP contribution in [0.5, 0.6) is 11.5 Å². The molecule has 5 heteroatoms. The number of hydrogen-bond acceptors (Lipinski definition) is 5. The van der Waals surface area contributed by atoms with E-state index in [1.54, 1.807) is 0 Å². The van der Waals surface area contributed by atoms with Gasteiger partial charge in [-0.1, -0.05) is 6.07 Å². The maximum absolute atomic E-state index is 9.22. The molecule has 0 spiro atoms. The molecule has 5 nitrogen and oxygen atoms in total. The molecule has 0 bridgehead atoms. The third kappa shape index (κ3) is 3.33. The number of fused-ring (bicyclic) bond motifs is 1. The summed E-state index contributed by atoms with van der Waals surface area (Å²) in [6.07, 6.45) is 0.674. The van der Waals surface area contributed by atoms with E-state index >= 15 is 0 Å².